The predicted molar refractivity (Wildman–Crippen MR) is 79.2 cm³/mol. The Hall–Kier alpha value is -2.32. The number of hydrogen-bond donors (Lipinski definition) is 1. The lowest BCUT2D eigenvalue weighted by molar-refractivity contribution is -0.124. The van der Waals surface area contributed by atoms with Crippen LogP contribution in [0.3, 0.4) is 0 Å². The van der Waals surface area contributed by atoms with Gasteiger partial charge in [0.15, 0.2) is 5.82 Å². The van der Waals surface area contributed by atoms with Crippen LogP contribution in [-0.2, 0) is 11.3 Å². The van der Waals surface area contributed by atoms with Crippen molar-refractivity contribution in [3.05, 3.63) is 30.2 Å². The van der Waals surface area contributed by atoms with Crippen molar-refractivity contribution < 1.29 is 18.1 Å². The third-order valence-electron chi connectivity index (χ3n) is 4.28. The van der Waals surface area contributed by atoms with Gasteiger partial charge in [-0.25, -0.2) is 8.78 Å². The number of aromatic nitrogens is 4. The molecule has 1 amide bonds. The lowest BCUT2D eigenvalue weighted by atomic mass is 9.86. The highest BCUT2D eigenvalue weighted by molar-refractivity contribution is 5.79. The van der Waals surface area contributed by atoms with Crippen LogP contribution in [0.4, 0.5) is 8.78 Å². The second-order valence-corrected chi connectivity index (χ2v) is 6.06. The number of hydrogen-bond acceptors (Lipinski definition) is 5. The zero-order chi connectivity index (χ0) is 17.2. The van der Waals surface area contributed by atoms with Crippen molar-refractivity contribution in [1.82, 2.24) is 25.2 Å². The molecule has 1 aliphatic carbocycles. The van der Waals surface area contributed by atoms with Gasteiger partial charge < -0.3 is 9.84 Å². The quantitative estimate of drug-likeness (QED) is 0.904. The molecule has 7 nitrogen and oxygen atoms in total. The van der Waals surface area contributed by atoms with Gasteiger partial charge in [-0.3, -0.25) is 9.48 Å². The first-order valence-corrected chi connectivity index (χ1v) is 7.92. The van der Waals surface area contributed by atoms with Gasteiger partial charge in [0.05, 0.1) is 6.54 Å². The minimum absolute atomic E-state index is 0.0975. The number of nitrogens with zero attached hydrogens (tertiary/aromatic N) is 4. The van der Waals surface area contributed by atoms with Gasteiger partial charge in [0.1, 0.15) is 6.04 Å². The molecule has 0 aromatic carbocycles. The number of carbonyl (C=O) groups is 1. The zero-order valence-electron chi connectivity index (χ0n) is 13.3. The van der Waals surface area contributed by atoms with E-state index in [1.165, 1.54) is 4.68 Å². The van der Waals surface area contributed by atoms with Crippen LogP contribution in [0, 0.1) is 0 Å². The van der Waals surface area contributed by atoms with Gasteiger partial charge in [-0.15, -0.1) is 0 Å². The molecular weight excluding hydrogens is 320 g/mol. The summed E-state index contributed by atoms with van der Waals surface area (Å²) in [5, 5.41) is 10.6. The second-order valence-electron chi connectivity index (χ2n) is 6.06. The molecule has 1 saturated carbocycles. The van der Waals surface area contributed by atoms with Gasteiger partial charge in [0, 0.05) is 31.2 Å². The van der Waals surface area contributed by atoms with Crippen molar-refractivity contribution >= 4 is 5.91 Å². The van der Waals surface area contributed by atoms with Crippen molar-refractivity contribution in [2.24, 2.45) is 0 Å². The first-order chi connectivity index (χ1) is 11.4. The summed E-state index contributed by atoms with van der Waals surface area (Å²) in [6.45, 7) is 1.82. The van der Waals surface area contributed by atoms with Crippen LogP contribution in [0.1, 0.15) is 56.3 Å². The molecular formula is C15H19F2N5O2. The van der Waals surface area contributed by atoms with E-state index < -0.39 is 12.0 Å². The van der Waals surface area contributed by atoms with Crippen molar-refractivity contribution in [3.63, 3.8) is 0 Å². The Balaban J connectivity index is 1.52. The fraction of sp³-hybridized carbons (Fsp3) is 0.600. The maximum Gasteiger partial charge on any atom is 0.248 e. The SMILES string of the molecule is C[C@@H](C(=O)NCc1nc(C2CCC(F)(F)CC2)no1)n1cccn1. The van der Waals surface area contributed by atoms with Gasteiger partial charge in [-0.05, 0) is 25.8 Å². The molecule has 0 bridgehead atoms. The Kier molecular flexibility index (Phi) is 4.59. The molecule has 9 heteroatoms. The minimum atomic E-state index is -2.58. The number of rotatable bonds is 5. The van der Waals surface area contributed by atoms with Crippen LogP contribution in [0.2, 0.25) is 0 Å². The maximum atomic E-state index is 13.2. The van der Waals surface area contributed by atoms with Gasteiger partial charge in [0.25, 0.3) is 0 Å². The van der Waals surface area contributed by atoms with Crippen LogP contribution >= 0.6 is 0 Å². The molecule has 1 N–H and O–H groups in total. The summed E-state index contributed by atoms with van der Waals surface area (Å²) in [5.41, 5.74) is 0. The summed E-state index contributed by atoms with van der Waals surface area (Å²) >= 11 is 0. The highest BCUT2D eigenvalue weighted by atomic mass is 19.3. The Morgan fingerprint density at radius 1 is 1.50 bits per heavy atom. The molecule has 0 spiro atoms. The topological polar surface area (TPSA) is 85.8 Å². The molecule has 130 valence electrons. The molecule has 3 rings (SSSR count). The van der Waals surface area contributed by atoms with E-state index >= 15 is 0 Å². The van der Waals surface area contributed by atoms with Crippen molar-refractivity contribution in [2.45, 2.75) is 57.0 Å². The summed E-state index contributed by atoms with van der Waals surface area (Å²) in [4.78, 5) is 16.3. The Bertz CT molecular complexity index is 676. The van der Waals surface area contributed by atoms with E-state index in [9.17, 15) is 13.6 Å². The number of amides is 1. The standard InChI is InChI=1S/C15H19F2N5O2/c1-10(22-8-2-7-19-22)14(23)18-9-12-20-13(21-24-12)11-3-5-15(16,17)6-4-11/h2,7-8,10-11H,3-6,9H2,1H3,(H,18,23)/t10-/m0/s1. The average molecular weight is 339 g/mol. The summed E-state index contributed by atoms with van der Waals surface area (Å²) in [6.07, 6.45) is 3.68. The largest absolute Gasteiger partial charge is 0.345 e. The molecule has 1 atom stereocenters. The Morgan fingerprint density at radius 3 is 2.92 bits per heavy atom. The predicted octanol–water partition coefficient (Wildman–Crippen LogP) is 2.44. The summed E-state index contributed by atoms with van der Waals surface area (Å²) in [5.74, 6) is -2.21. The maximum absolute atomic E-state index is 13.2. The van der Waals surface area contributed by atoms with E-state index in [4.69, 9.17) is 4.52 Å². The molecule has 0 unspecified atom stereocenters. The molecule has 0 aliphatic heterocycles. The lowest BCUT2D eigenvalue weighted by Gasteiger charge is -2.26. The smallest absolute Gasteiger partial charge is 0.248 e. The van der Waals surface area contributed by atoms with E-state index in [2.05, 4.69) is 20.6 Å². The van der Waals surface area contributed by atoms with E-state index in [-0.39, 0.29) is 37.1 Å². The van der Waals surface area contributed by atoms with Gasteiger partial charge in [-0.1, -0.05) is 5.16 Å². The van der Waals surface area contributed by atoms with Gasteiger partial charge in [0.2, 0.25) is 17.7 Å². The molecule has 1 aliphatic rings. The number of nitrogens with one attached hydrogen (secondary N) is 1. The van der Waals surface area contributed by atoms with Crippen LogP contribution < -0.4 is 5.32 Å². The highest BCUT2D eigenvalue weighted by Crippen LogP contribution is 2.39. The summed E-state index contributed by atoms with van der Waals surface area (Å²) < 4.78 is 33.0. The number of halogens is 2. The first kappa shape index (κ1) is 16.5. The minimum Gasteiger partial charge on any atom is -0.345 e. The van der Waals surface area contributed by atoms with Crippen LogP contribution in [0.25, 0.3) is 0 Å². The van der Waals surface area contributed by atoms with Gasteiger partial charge in [-0.2, -0.15) is 10.1 Å². The fourth-order valence-electron chi connectivity index (χ4n) is 2.74. The lowest BCUT2D eigenvalue weighted by Crippen LogP contribution is -2.31. The third-order valence-corrected chi connectivity index (χ3v) is 4.28. The number of carbonyl (C=O) groups excluding carboxylic acids is 1. The summed E-state index contributed by atoms with van der Waals surface area (Å²) in [7, 11) is 0. The molecule has 0 saturated heterocycles. The molecule has 2 heterocycles. The Labute approximate surface area is 137 Å². The molecule has 1 fully saturated rings. The molecule has 2 aromatic heterocycles. The van der Waals surface area contributed by atoms with Crippen LogP contribution in [-0.4, -0.2) is 31.8 Å². The average Bonchev–Trinajstić information content (AvgIpc) is 3.23. The van der Waals surface area contributed by atoms with E-state index in [0.717, 1.165) is 0 Å². The Morgan fingerprint density at radius 2 is 2.25 bits per heavy atom. The van der Waals surface area contributed by atoms with Crippen LogP contribution in [0.15, 0.2) is 23.0 Å². The summed E-state index contributed by atoms with van der Waals surface area (Å²) in [6, 6.07) is 1.28. The number of alkyl halides is 2. The van der Waals surface area contributed by atoms with Crippen molar-refractivity contribution in [1.29, 1.82) is 0 Å². The van der Waals surface area contributed by atoms with Crippen molar-refractivity contribution in [3.8, 4) is 0 Å². The molecule has 0 radical (unpaired) electrons. The molecule has 2 aromatic rings. The van der Waals surface area contributed by atoms with Gasteiger partial charge >= 0.3 is 0 Å². The first-order valence-electron chi connectivity index (χ1n) is 7.92. The van der Waals surface area contributed by atoms with Crippen molar-refractivity contribution in [2.75, 3.05) is 0 Å². The normalized spacial score (nSPS) is 19.1. The van der Waals surface area contributed by atoms with Crippen LogP contribution in [0.5, 0.6) is 0 Å². The second kappa shape index (κ2) is 6.66. The third kappa shape index (κ3) is 3.77. The van der Waals surface area contributed by atoms with E-state index in [1.807, 2.05) is 0 Å². The monoisotopic (exact) mass is 339 g/mol. The zero-order valence-corrected chi connectivity index (χ0v) is 13.3. The molecule has 24 heavy (non-hydrogen) atoms. The van der Waals surface area contributed by atoms with E-state index in [1.54, 1.807) is 25.4 Å². The highest BCUT2D eigenvalue weighted by Gasteiger charge is 2.36. The fourth-order valence-corrected chi connectivity index (χ4v) is 2.74. The van der Waals surface area contributed by atoms with E-state index in [0.29, 0.717) is 18.7 Å².